The van der Waals surface area contributed by atoms with Gasteiger partial charge in [0.25, 0.3) is 5.91 Å². The predicted molar refractivity (Wildman–Crippen MR) is 122 cm³/mol. The van der Waals surface area contributed by atoms with Crippen LogP contribution in [0.2, 0.25) is 5.02 Å². The van der Waals surface area contributed by atoms with Crippen LogP contribution < -0.4 is 15.1 Å². The Balaban J connectivity index is 1.80. The van der Waals surface area contributed by atoms with Crippen LogP contribution in [-0.4, -0.2) is 18.1 Å². The number of carbonyl (C=O) groups is 1. The van der Waals surface area contributed by atoms with Crippen molar-refractivity contribution < 1.29 is 19.1 Å². The molecule has 7 heteroatoms. The van der Waals surface area contributed by atoms with Crippen LogP contribution in [0.1, 0.15) is 33.3 Å². The molecule has 2 heterocycles. The fraction of sp³-hybridized carbons (Fsp3) is 0.120. The number of hydrogen-bond acceptors (Lipinski definition) is 5. The number of hydrogen-bond donors (Lipinski definition) is 1. The second-order valence-corrected chi connectivity index (χ2v) is 8.07. The van der Waals surface area contributed by atoms with Gasteiger partial charge in [-0.05, 0) is 55.0 Å². The van der Waals surface area contributed by atoms with Gasteiger partial charge in [-0.25, -0.2) is 0 Å². The smallest absolute Gasteiger partial charge is 0.295 e. The van der Waals surface area contributed by atoms with Gasteiger partial charge in [-0.2, -0.15) is 0 Å². The molecule has 1 atom stereocenters. The standard InChI is InChI=1S/C25H18ClNO5/c1-13-3-9-19-17(11-13)23(29)21-22(14-4-7-16(28)8-5-14)27(25(30)24(21)32-19)15-6-10-20(31-2)18(26)12-15/h3-12,22,28H,1-2H3. The van der Waals surface area contributed by atoms with Gasteiger partial charge in [0.2, 0.25) is 5.76 Å². The Morgan fingerprint density at radius 3 is 2.47 bits per heavy atom. The Morgan fingerprint density at radius 2 is 1.78 bits per heavy atom. The Labute approximate surface area is 188 Å². The average Bonchev–Trinajstić information content (AvgIpc) is 3.07. The molecule has 4 aromatic rings. The maximum Gasteiger partial charge on any atom is 0.295 e. The highest BCUT2D eigenvalue weighted by molar-refractivity contribution is 6.32. The number of rotatable bonds is 3. The molecule has 5 rings (SSSR count). The summed E-state index contributed by atoms with van der Waals surface area (Å²) in [7, 11) is 1.51. The first-order chi connectivity index (χ1) is 15.4. The summed E-state index contributed by atoms with van der Waals surface area (Å²) in [6.07, 6.45) is 0. The number of aryl methyl sites for hydroxylation is 1. The minimum atomic E-state index is -0.747. The number of anilines is 1. The zero-order chi connectivity index (χ0) is 22.6. The Morgan fingerprint density at radius 1 is 1.03 bits per heavy atom. The third-order valence-corrected chi connectivity index (χ3v) is 5.94. The van der Waals surface area contributed by atoms with Gasteiger partial charge in [0.05, 0.1) is 29.1 Å². The molecule has 1 aliphatic rings. The van der Waals surface area contributed by atoms with E-state index in [1.54, 1.807) is 42.5 Å². The topological polar surface area (TPSA) is 80.0 Å². The fourth-order valence-electron chi connectivity index (χ4n) is 4.13. The Kier molecular flexibility index (Phi) is 4.68. The molecule has 1 unspecified atom stereocenters. The van der Waals surface area contributed by atoms with Gasteiger partial charge in [-0.3, -0.25) is 14.5 Å². The first kappa shape index (κ1) is 20.2. The molecule has 0 radical (unpaired) electrons. The van der Waals surface area contributed by atoms with E-state index in [-0.39, 0.29) is 22.5 Å². The summed E-state index contributed by atoms with van der Waals surface area (Å²) in [5.41, 5.74) is 2.40. The van der Waals surface area contributed by atoms with Crippen molar-refractivity contribution in [1.82, 2.24) is 0 Å². The zero-order valence-electron chi connectivity index (χ0n) is 17.3. The summed E-state index contributed by atoms with van der Waals surface area (Å²) in [5, 5.41) is 10.5. The SMILES string of the molecule is COc1ccc(N2C(=O)c3oc4ccc(C)cc4c(=O)c3C2c2ccc(O)cc2)cc1Cl. The second-order valence-electron chi connectivity index (χ2n) is 7.66. The lowest BCUT2D eigenvalue weighted by Crippen LogP contribution is -2.29. The molecule has 1 aromatic heterocycles. The highest BCUT2D eigenvalue weighted by Crippen LogP contribution is 2.43. The minimum Gasteiger partial charge on any atom is -0.508 e. The van der Waals surface area contributed by atoms with E-state index in [1.165, 1.54) is 24.1 Å². The number of aromatic hydroxyl groups is 1. The highest BCUT2D eigenvalue weighted by Gasteiger charge is 2.43. The molecular weight excluding hydrogens is 430 g/mol. The largest absolute Gasteiger partial charge is 0.508 e. The Bertz CT molecular complexity index is 1440. The first-order valence-corrected chi connectivity index (χ1v) is 10.3. The van der Waals surface area contributed by atoms with Gasteiger partial charge in [0.15, 0.2) is 5.43 Å². The van der Waals surface area contributed by atoms with Crippen molar-refractivity contribution in [2.24, 2.45) is 0 Å². The minimum absolute atomic E-state index is 0.00336. The van der Waals surface area contributed by atoms with Crippen molar-refractivity contribution in [3.63, 3.8) is 0 Å². The van der Waals surface area contributed by atoms with Crippen LogP contribution in [-0.2, 0) is 0 Å². The van der Waals surface area contributed by atoms with Crippen molar-refractivity contribution >= 4 is 34.2 Å². The lowest BCUT2D eigenvalue weighted by molar-refractivity contribution is 0.0971. The summed E-state index contributed by atoms with van der Waals surface area (Å²) in [4.78, 5) is 28.6. The number of nitrogens with zero attached hydrogens (tertiary/aromatic N) is 1. The molecule has 0 spiro atoms. The molecule has 0 fully saturated rings. The van der Waals surface area contributed by atoms with Crippen LogP contribution in [0.3, 0.4) is 0 Å². The summed E-state index contributed by atoms with van der Waals surface area (Å²) < 4.78 is 11.2. The van der Waals surface area contributed by atoms with Crippen molar-refractivity contribution in [2.75, 3.05) is 12.0 Å². The molecule has 32 heavy (non-hydrogen) atoms. The highest BCUT2D eigenvalue weighted by atomic mass is 35.5. The molecule has 3 aromatic carbocycles. The summed E-state index contributed by atoms with van der Waals surface area (Å²) in [6.45, 7) is 1.89. The van der Waals surface area contributed by atoms with Gasteiger partial charge in [0.1, 0.15) is 17.1 Å². The molecular formula is C25H18ClNO5. The normalized spacial score (nSPS) is 15.3. The van der Waals surface area contributed by atoms with Crippen LogP contribution in [0.25, 0.3) is 11.0 Å². The lowest BCUT2D eigenvalue weighted by atomic mass is 9.98. The van der Waals surface area contributed by atoms with Crippen LogP contribution in [0.4, 0.5) is 5.69 Å². The predicted octanol–water partition coefficient (Wildman–Crippen LogP) is 5.22. The van der Waals surface area contributed by atoms with E-state index in [4.69, 9.17) is 20.8 Å². The number of benzene rings is 3. The van der Waals surface area contributed by atoms with Crippen molar-refractivity contribution in [3.05, 3.63) is 98.4 Å². The first-order valence-electron chi connectivity index (χ1n) is 9.92. The quantitative estimate of drug-likeness (QED) is 0.465. The van der Waals surface area contributed by atoms with Gasteiger partial charge in [0, 0.05) is 5.69 Å². The number of methoxy groups -OCH3 is 1. The summed E-state index contributed by atoms with van der Waals surface area (Å²) in [6, 6.07) is 15.9. The number of fused-ring (bicyclic) bond motifs is 2. The number of phenols is 1. The lowest BCUT2D eigenvalue weighted by Gasteiger charge is -2.25. The fourth-order valence-corrected chi connectivity index (χ4v) is 4.38. The maximum absolute atomic E-state index is 13.6. The van der Waals surface area contributed by atoms with E-state index in [2.05, 4.69) is 0 Å². The van der Waals surface area contributed by atoms with Crippen LogP contribution in [0, 0.1) is 6.92 Å². The monoisotopic (exact) mass is 447 g/mol. The number of carbonyl (C=O) groups excluding carboxylic acids is 1. The third kappa shape index (κ3) is 3.03. The van der Waals surface area contributed by atoms with Crippen LogP contribution in [0.15, 0.2) is 69.9 Å². The maximum atomic E-state index is 13.6. The van der Waals surface area contributed by atoms with Crippen LogP contribution in [0.5, 0.6) is 11.5 Å². The molecule has 1 N–H and O–H groups in total. The van der Waals surface area contributed by atoms with Gasteiger partial charge in [-0.1, -0.05) is 35.4 Å². The third-order valence-electron chi connectivity index (χ3n) is 5.65. The molecule has 6 nitrogen and oxygen atoms in total. The van der Waals surface area contributed by atoms with Crippen LogP contribution >= 0.6 is 11.6 Å². The van der Waals surface area contributed by atoms with E-state index < -0.39 is 11.9 Å². The van der Waals surface area contributed by atoms with E-state index in [0.29, 0.717) is 33.0 Å². The Hall–Kier alpha value is -3.77. The number of halogens is 1. The second kappa shape index (κ2) is 7.43. The summed E-state index contributed by atoms with van der Waals surface area (Å²) in [5.74, 6) is 0.102. The van der Waals surface area contributed by atoms with Gasteiger partial charge in [-0.15, -0.1) is 0 Å². The molecule has 0 saturated heterocycles. The molecule has 1 amide bonds. The van der Waals surface area contributed by atoms with Crippen molar-refractivity contribution in [3.8, 4) is 11.5 Å². The number of phenolic OH excluding ortho intramolecular Hbond substituents is 1. The van der Waals surface area contributed by atoms with E-state index in [0.717, 1.165) is 5.56 Å². The molecule has 160 valence electrons. The average molecular weight is 448 g/mol. The van der Waals surface area contributed by atoms with E-state index in [9.17, 15) is 14.7 Å². The summed E-state index contributed by atoms with van der Waals surface area (Å²) >= 11 is 6.33. The molecule has 0 saturated carbocycles. The molecule has 1 aliphatic heterocycles. The van der Waals surface area contributed by atoms with Crippen molar-refractivity contribution in [1.29, 1.82) is 0 Å². The van der Waals surface area contributed by atoms with E-state index >= 15 is 0 Å². The number of ether oxygens (including phenoxy) is 1. The number of amides is 1. The van der Waals surface area contributed by atoms with E-state index in [1.807, 2.05) is 13.0 Å². The zero-order valence-corrected chi connectivity index (χ0v) is 18.0. The van der Waals surface area contributed by atoms with Gasteiger partial charge < -0.3 is 14.3 Å². The molecule has 0 bridgehead atoms. The van der Waals surface area contributed by atoms with Gasteiger partial charge >= 0.3 is 0 Å². The molecule has 0 aliphatic carbocycles. The van der Waals surface area contributed by atoms with Crippen molar-refractivity contribution in [2.45, 2.75) is 13.0 Å².